The van der Waals surface area contributed by atoms with Crippen molar-refractivity contribution in [2.45, 2.75) is 33.0 Å². The normalized spacial score (nSPS) is 19.4. The van der Waals surface area contributed by atoms with Gasteiger partial charge in [-0.25, -0.2) is 14.4 Å². The molecule has 2 aromatic heterocycles. The number of benzene rings is 1. The van der Waals surface area contributed by atoms with Crippen LogP contribution in [0.3, 0.4) is 0 Å². The number of hydrogen-bond donors (Lipinski definition) is 1. The number of pyridine rings is 2. The Morgan fingerprint density at radius 3 is 2.56 bits per heavy atom. The number of hydrogen-bond acceptors (Lipinski definition) is 6. The summed E-state index contributed by atoms with van der Waals surface area (Å²) < 4.78 is 55.8. The Morgan fingerprint density at radius 2 is 1.91 bits per heavy atom. The van der Waals surface area contributed by atoms with Crippen molar-refractivity contribution in [3.05, 3.63) is 89.5 Å². The lowest BCUT2D eigenvalue weighted by Crippen LogP contribution is -2.50. The number of alkyl halides is 3. The molecule has 1 N–H and O–H groups in total. The van der Waals surface area contributed by atoms with E-state index in [-0.39, 0.29) is 47.7 Å². The van der Waals surface area contributed by atoms with Gasteiger partial charge in [-0.3, -0.25) is 14.5 Å². The Hall–Kier alpha value is -5.23. The highest BCUT2D eigenvalue weighted by molar-refractivity contribution is 6.01. The van der Waals surface area contributed by atoms with Gasteiger partial charge in [-0.1, -0.05) is 32.4 Å². The van der Waals surface area contributed by atoms with Crippen LogP contribution in [-0.2, 0) is 15.8 Å². The van der Waals surface area contributed by atoms with Crippen LogP contribution in [0.2, 0.25) is 0 Å². The number of aromatic nitrogens is 2. The van der Waals surface area contributed by atoms with Crippen molar-refractivity contribution < 1.29 is 27.2 Å². The van der Waals surface area contributed by atoms with Gasteiger partial charge < -0.3 is 10.2 Å². The second-order valence-corrected chi connectivity index (χ2v) is 11.5. The summed E-state index contributed by atoms with van der Waals surface area (Å²) in [6, 6.07) is 11.6. The van der Waals surface area contributed by atoms with Gasteiger partial charge in [-0.2, -0.15) is 18.4 Å². The molecule has 8 nitrogen and oxygen atoms in total. The van der Waals surface area contributed by atoms with Gasteiger partial charge in [0.25, 0.3) is 5.91 Å². The second kappa shape index (κ2) is 11.7. The van der Waals surface area contributed by atoms with Crippen LogP contribution in [0.15, 0.2) is 61.2 Å². The second-order valence-electron chi connectivity index (χ2n) is 11.5. The lowest BCUT2D eigenvalue weighted by molar-refractivity contribution is -0.137. The molecule has 0 unspecified atom stereocenters. The molecule has 1 saturated heterocycles. The van der Waals surface area contributed by atoms with Crippen molar-refractivity contribution in [2.24, 2.45) is 17.3 Å². The van der Waals surface area contributed by atoms with E-state index in [0.717, 1.165) is 12.1 Å². The standard InChI is InChI=1S/C33H28F4N6O2/c1-5-27(44)41-26-10-6-8-21(40-26)9-7-15-42(22-13-11-20(34)12-14-22)31(45)29-28-25(32(28,3)4)18-43(29)30-23(17-38)24(33(35,36)37)16-19(2)39-30/h5-6,8,10-14,16,25,28-29H,1,15,18H2,2-4H3,(H,40,41,44)/t25-,28-,29-/m0/s1. The van der Waals surface area contributed by atoms with Gasteiger partial charge in [-0.05, 0) is 78.6 Å². The van der Waals surface area contributed by atoms with Crippen LogP contribution in [-0.4, -0.2) is 40.9 Å². The third kappa shape index (κ3) is 6.09. The van der Waals surface area contributed by atoms with Crippen LogP contribution in [0.4, 0.5) is 34.9 Å². The molecule has 1 aromatic carbocycles. The summed E-state index contributed by atoms with van der Waals surface area (Å²) >= 11 is 0. The molecule has 3 aromatic rings. The molecule has 3 heterocycles. The maximum absolute atomic E-state index is 14.5. The van der Waals surface area contributed by atoms with Crippen molar-refractivity contribution in [3.8, 4) is 17.9 Å². The largest absolute Gasteiger partial charge is 0.417 e. The minimum absolute atomic E-state index is 0.0338. The quantitative estimate of drug-likeness (QED) is 0.224. The third-order valence-electron chi connectivity index (χ3n) is 8.32. The van der Waals surface area contributed by atoms with Gasteiger partial charge in [0.2, 0.25) is 5.91 Å². The highest BCUT2D eigenvalue weighted by atomic mass is 19.4. The number of amides is 2. The summed E-state index contributed by atoms with van der Waals surface area (Å²) in [5.41, 5.74) is -1.36. The third-order valence-corrected chi connectivity index (χ3v) is 8.32. The fourth-order valence-electron chi connectivity index (χ4n) is 6.02. The molecule has 2 amide bonds. The van der Waals surface area contributed by atoms with Crippen LogP contribution in [0.1, 0.15) is 36.4 Å². The van der Waals surface area contributed by atoms with Crippen LogP contribution >= 0.6 is 0 Å². The average Bonchev–Trinajstić information content (AvgIpc) is 3.30. The van der Waals surface area contributed by atoms with E-state index in [4.69, 9.17) is 0 Å². The molecular weight excluding hydrogens is 588 g/mol. The van der Waals surface area contributed by atoms with Gasteiger partial charge in [-0.15, -0.1) is 0 Å². The summed E-state index contributed by atoms with van der Waals surface area (Å²) in [5, 5.41) is 12.4. The lowest BCUT2D eigenvalue weighted by Gasteiger charge is -2.35. The monoisotopic (exact) mass is 616 g/mol. The first kappa shape index (κ1) is 31.2. The number of aryl methyl sites for hydroxylation is 1. The van der Waals surface area contributed by atoms with E-state index in [0.29, 0.717) is 11.4 Å². The van der Waals surface area contributed by atoms with E-state index in [1.165, 1.54) is 41.0 Å². The lowest BCUT2D eigenvalue weighted by atomic mass is 9.98. The Labute approximate surface area is 257 Å². The number of carbonyl (C=O) groups is 2. The molecule has 230 valence electrons. The van der Waals surface area contributed by atoms with Gasteiger partial charge >= 0.3 is 6.18 Å². The SMILES string of the molecule is C=CC(=O)Nc1cccc(C#CCN(C(=O)[C@@H]2[C@@H]3[C@H](CN2c2nc(C)cc(C(F)(F)F)c2C#N)C3(C)C)c2ccc(F)cc2)n1. The maximum Gasteiger partial charge on any atom is 0.417 e. The zero-order chi connectivity index (χ0) is 32.7. The fraction of sp³-hybridized carbons (Fsp3) is 0.303. The van der Waals surface area contributed by atoms with Crippen LogP contribution < -0.4 is 15.1 Å². The summed E-state index contributed by atoms with van der Waals surface area (Å²) in [7, 11) is 0. The van der Waals surface area contributed by atoms with E-state index in [9.17, 15) is 32.4 Å². The first-order valence-corrected chi connectivity index (χ1v) is 14.0. The number of nitriles is 1. The van der Waals surface area contributed by atoms with Crippen molar-refractivity contribution in [3.63, 3.8) is 0 Å². The first-order valence-electron chi connectivity index (χ1n) is 14.0. The van der Waals surface area contributed by atoms with Gasteiger partial charge in [0.15, 0.2) is 0 Å². The number of anilines is 3. The molecule has 2 fully saturated rings. The number of rotatable bonds is 6. The van der Waals surface area contributed by atoms with Crippen molar-refractivity contribution >= 4 is 29.1 Å². The summed E-state index contributed by atoms with van der Waals surface area (Å²) in [5.74, 6) is 4.10. The predicted molar refractivity (Wildman–Crippen MR) is 159 cm³/mol. The molecule has 1 aliphatic heterocycles. The first-order chi connectivity index (χ1) is 21.3. The number of fused-ring (bicyclic) bond motifs is 1. The number of halogens is 4. The van der Waals surface area contributed by atoms with E-state index in [1.807, 2.05) is 13.8 Å². The topological polar surface area (TPSA) is 102 Å². The molecule has 45 heavy (non-hydrogen) atoms. The molecule has 0 bridgehead atoms. The van der Waals surface area contributed by atoms with Crippen LogP contribution in [0, 0.1) is 53.2 Å². The zero-order valence-corrected chi connectivity index (χ0v) is 24.6. The molecule has 2 aliphatic rings. The van der Waals surface area contributed by atoms with E-state index < -0.39 is 41.0 Å². The maximum atomic E-state index is 14.5. The Kier molecular flexibility index (Phi) is 8.11. The molecule has 5 rings (SSSR count). The highest BCUT2D eigenvalue weighted by Crippen LogP contribution is 2.65. The van der Waals surface area contributed by atoms with Gasteiger partial charge in [0.05, 0.1) is 12.1 Å². The van der Waals surface area contributed by atoms with Gasteiger partial charge in [0.1, 0.15) is 40.8 Å². The van der Waals surface area contributed by atoms with E-state index in [2.05, 4.69) is 33.7 Å². The minimum atomic E-state index is -4.80. The molecule has 1 saturated carbocycles. The molecule has 3 atom stereocenters. The van der Waals surface area contributed by atoms with Crippen molar-refractivity contribution in [1.82, 2.24) is 9.97 Å². The fourth-order valence-corrected chi connectivity index (χ4v) is 6.02. The molecule has 0 spiro atoms. The van der Waals surface area contributed by atoms with E-state index in [1.54, 1.807) is 24.3 Å². The van der Waals surface area contributed by atoms with E-state index >= 15 is 0 Å². The van der Waals surface area contributed by atoms with Crippen LogP contribution in [0.25, 0.3) is 0 Å². The summed E-state index contributed by atoms with van der Waals surface area (Å²) in [6.45, 7) is 8.84. The van der Waals surface area contributed by atoms with Crippen molar-refractivity contribution in [2.75, 3.05) is 28.2 Å². The predicted octanol–water partition coefficient (Wildman–Crippen LogP) is 5.48. The number of carbonyl (C=O) groups excluding carboxylic acids is 2. The molecule has 1 aliphatic carbocycles. The Morgan fingerprint density at radius 1 is 1.20 bits per heavy atom. The Balaban J connectivity index is 1.54. The average molecular weight is 617 g/mol. The minimum Gasteiger partial charge on any atom is -0.343 e. The van der Waals surface area contributed by atoms with Crippen LogP contribution in [0.5, 0.6) is 0 Å². The van der Waals surface area contributed by atoms with Gasteiger partial charge in [0, 0.05) is 17.9 Å². The Bertz CT molecular complexity index is 1790. The molecule has 0 radical (unpaired) electrons. The highest BCUT2D eigenvalue weighted by Gasteiger charge is 2.69. The van der Waals surface area contributed by atoms with Crippen molar-refractivity contribution in [1.29, 1.82) is 5.26 Å². The summed E-state index contributed by atoms with van der Waals surface area (Å²) in [6.07, 6.45) is -3.70. The zero-order valence-electron chi connectivity index (χ0n) is 24.6. The number of nitrogens with zero attached hydrogens (tertiary/aromatic N) is 5. The number of piperidine rings is 1. The molecular formula is C33H28F4N6O2. The molecule has 12 heteroatoms. The smallest absolute Gasteiger partial charge is 0.343 e. The summed E-state index contributed by atoms with van der Waals surface area (Å²) in [4.78, 5) is 37.6. The number of nitrogens with one attached hydrogen (secondary N) is 1.